The summed E-state index contributed by atoms with van der Waals surface area (Å²) in [5.41, 5.74) is 3.04. The van der Waals surface area contributed by atoms with Crippen LogP contribution in [-0.4, -0.2) is 34.0 Å². The van der Waals surface area contributed by atoms with Crippen molar-refractivity contribution in [1.29, 1.82) is 0 Å². The van der Waals surface area contributed by atoms with Crippen molar-refractivity contribution in [2.24, 2.45) is 0 Å². The first-order valence-electron chi connectivity index (χ1n) is 10.9. The van der Waals surface area contributed by atoms with Crippen molar-refractivity contribution in [3.63, 3.8) is 0 Å². The average molecular weight is 428 g/mol. The summed E-state index contributed by atoms with van der Waals surface area (Å²) in [5.74, 6) is 0.638. The Morgan fingerprint density at radius 3 is 1.84 bits per heavy atom. The predicted molar refractivity (Wildman–Crippen MR) is 121 cm³/mol. The summed E-state index contributed by atoms with van der Waals surface area (Å²) in [6, 6.07) is 22.2. The molecule has 0 aromatic heterocycles. The number of ether oxygens (including phenoxy) is 1. The van der Waals surface area contributed by atoms with E-state index in [2.05, 4.69) is 26.0 Å². The van der Waals surface area contributed by atoms with Crippen LogP contribution in [0.25, 0.3) is 0 Å². The highest BCUT2D eigenvalue weighted by atomic mass is 16.5. The van der Waals surface area contributed by atoms with E-state index in [0.717, 1.165) is 16.9 Å². The molecule has 32 heavy (non-hydrogen) atoms. The molecule has 1 aliphatic heterocycles. The second kappa shape index (κ2) is 7.52. The normalized spacial score (nSPS) is 20.1. The highest BCUT2D eigenvalue weighted by Crippen LogP contribution is 2.37. The lowest BCUT2D eigenvalue weighted by Crippen LogP contribution is -2.51. The van der Waals surface area contributed by atoms with Gasteiger partial charge in [-0.15, -0.1) is 0 Å². The molecule has 0 radical (unpaired) electrons. The van der Waals surface area contributed by atoms with Gasteiger partial charge in [0.1, 0.15) is 17.6 Å². The zero-order chi connectivity index (χ0) is 22.5. The van der Waals surface area contributed by atoms with Crippen LogP contribution in [0, 0.1) is 0 Å². The molecule has 0 unspecified atom stereocenters. The number of aromatic hydroxyl groups is 1. The number of rotatable bonds is 5. The second-order valence-electron chi connectivity index (χ2n) is 9.09. The lowest BCUT2D eigenvalue weighted by Gasteiger charge is -2.39. The van der Waals surface area contributed by atoms with Crippen LogP contribution in [0.2, 0.25) is 0 Å². The Balaban J connectivity index is 1.21. The fraction of sp³-hybridized carbons (Fsp3) is 0.259. The Kier molecular flexibility index (Phi) is 4.77. The number of phenols is 1. The predicted octanol–water partition coefficient (Wildman–Crippen LogP) is 4.92. The average Bonchev–Trinajstić information content (AvgIpc) is 3.01. The van der Waals surface area contributed by atoms with Crippen LogP contribution in [0.5, 0.6) is 11.5 Å². The first kappa shape index (κ1) is 20.3. The number of hydrogen-bond donors (Lipinski definition) is 1. The summed E-state index contributed by atoms with van der Waals surface area (Å²) in [6.07, 6.45) is 1.28. The van der Waals surface area contributed by atoms with Crippen molar-refractivity contribution >= 4 is 11.8 Å². The van der Waals surface area contributed by atoms with E-state index >= 15 is 0 Å². The Morgan fingerprint density at radius 2 is 1.31 bits per heavy atom. The van der Waals surface area contributed by atoms with Crippen LogP contribution < -0.4 is 4.74 Å². The van der Waals surface area contributed by atoms with Crippen molar-refractivity contribution in [2.45, 2.75) is 44.2 Å². The molecule has 0 atom stereocenters. The minimum Gasteiger partial charge on any atom is -0.508 e. The van der Waals surface area contributed by atoms with E-state index in [0.29, 0.717) is 24.0 Å². The summed E-state index contributed by atoms with van der Waals surface area (Å²) in [6.45, 7) is 4.29. The van der Waals surface area contributed by atoms with Crippen molar-refractivity contribution in [2.75, 3.05) is 0 Å². The number of nitrogens with zero attached hydrogens (tertiary/aromatic N) is 1. The van der Waals surface area contributed by atoms with Gasteiger partial charge < -0.3 is 9.84 Å². The fourth-order valence-electron chi connectivity index (χ4n) is 4.57. The smallest absolute Gasteiger partial charge is 0.261 e. The summed E-state index contributed by atoms with van der Waals surface area (Å²) in [4.78, 5) is 26.6. The maximum absolute atomic E-state index is 12.6. The van der Waals surface area contributed by atoms with Gasteiger partial charge in [-0.2, -0.15) is 0 Å². The van der Waals surface area contributed by atoms with Crippen LogP contribution in [0.3, 0.4) is 0 Å². The first-order valence-corrected chi connectivity index (χ1v) is 10.9. The zero-order valence-electron chi connectivity index (χ0n) is 18.1. The largest absolute Gasteiger partial charge is 0.508 e. The molecule has 5 heteroatoms. The molecule has 162 valence electrons. The molecule has 1 heterocycles. The molecule has 3 aromatic rings. The minimum atomic E-state index is -0.209. The zero-order valence-corrected chi connectivity index (χ0v) is 18.1. The van der Waals surface area contributed by atoms with E-state index in [1.54, 1.807) is 36.4 Å². The SMILES string of the molecule is CC(C)(c1ccc(O)cc1)c1ccc(O[C@H]2C[C@H](N3C(=O)c4ccccc4C3=O)C2)cc1. The van der Waals surface area contributed by atoms with Crippen molar-refractivity contribution in [3.05, 3.63) is 95.1 Å². The van der Waals surface area contributed by atoms with Crippen LogP contribution in [0.4, 0.5) is 0 Å². The lowest BCUT2D eigenvalue weighted by molar-refractivity contribution is 0.0198. The number of hydrogen-bond acceptors (Lipinski definition) is 4. The maximum atomic E-state index is 12.6. The molecule has 1 N–H and O–H groups in total. The van der Waals surface area contributed by atoms with Crippen molar-refractivity contribution < 1.29 is 19.4 Å². The number of carbonyl (C=O) groups excluding carboxylic acids is 2. The molecule has 5 rings (SSSR count). The van der Waals surface area contributed by atoms with E-state index in [-0.39, 0.29) is 35.1 Å². The number of benzene rings is 3. The lowest BCUT2D eigenvalue weighted by atomic mass is 9.78. The van der Waals surface area contributed by atoms with Crippen LogP contribution in [-0.2, 0) is 5.41 Å². The van der Waals surface area contributed by atoms with Gasteiger partial charge in [-0.3, -0.25) is 14.5 Å². The van der Waals surface area contributed by atoms with Gasteiger partial charge in [-0.1, -0.05) is 50.2 Å². The number of phenolic OH excluding ortho intramolecular Hbond substituents is 1. The molecule has 2 amide bonds. The highest BCUT2D eigenvalue weighted by Gasteiger charge is 2.45. The van der Waals surface area contributed by atoms with Gasteiger partial charge in [-0.25, -0.2) is 0 Å². The van der Waals surface area contributed by atoms with Crippen LogP contribution in [0.1, 0.15) is 58.5 Å². The standard InChI is InChI=1S/C27H25NO4/c1-27(2,17-7-11-20(29)12-8-17)18-9-13-21(14-10-18)32-22-15-19(16-22)28-25(30)23-5-3-4-6-24(23)26(28)31/h3-14,19,22,29H,15-16H2,1-2H3/t19-,22-. The Labute approximate surface area is 187 Å². The van der Waals surface area contributed by atoms with Gasteiger partial charge in [0.25, 0.3) is 11.8 Å². The third-order valence-electron chi connectivity index (χ3n) is 6.73. The molecule has 1 fully saturated rings. The topological polar surface area (TPSA) is 66.8 Å². The van der Waals surface area contributed by atoms with Gasteiger partial charge >= 0.3 is 0 Å². The molecule has 0 bridgehead atoms. The Morgan fingerprint density at radius 1 is 0.812 bits per heavy atom. The van der Waals surface area contributed by atoms with Gasteiger partial charge in [-0.05, 0) is 47.5 Å². The molecular formula is C27H25NO4. The first-order chi connectivity index (χ1) is 15.3. The molecular weight excluding hydrogens is 402 g/mol. The summed E-state index contributed by atoms with van der Waals surface area (Å²) in [5, 5.41) is 9.55. The highest BCUT2D eigenvalue weighted by molar-refractivity contribution is 6.21. The molecule has 3 aromatic carbocycles. The summed E-state index contributed by atoms with van der Waals surface area (Å²) < 4.78 is 6.09. The van der Waals surface area contributed by atoms with E-state index in [1.807, 2.05) is 24.3 Å². The third kappa shape index (κ3) is 3.34. The van der Waals surface area contributed by atoms with E-state index in [9.17, 15) is 14.7 Å². The van der Waals surface area contributed by atoms with Crippen LogP contribution >= 0.6 is 0 Å². The summed E-state index contributed by atoms with van der Waals surface area (Å²) >= 11 is 0. The maximum Gasteiger partial charge on any atom is 0.261 e. The van der Waals surface area contributed by atoms with E-state index in [4.69, 9.17) is 4.74 Å². The minimum absolute atomic E-state index is 0.0136. The third-order valence-corrected chi connectivity index (χ3v) is 6.73. The molecule has 1 aliphatic carbocycles. The number of carbonyl (C=O) groups is 2. The quantitative estimate of drug-likeness (QED) is 0.587. The molecule has 5 nitrogen and oxygen atoms in total. The van der Waals surface area contributed by atoms with Gasteiger partial charge in [0.05, 0.1) is 11.1 Å². The van der Waals surface area contributed by atoms with Gasteiger partial charge in [0, 0.05) is 24.3 Å². The van der Waals surface area contributed by atoms with E-state index < -0.39 is 0 Å². The van der Waals surface area contributed by atoms with Gasteiger partial charge in [0.15, 0.2) is 0 Å². The summed E-state index contributed by atoms with van der Waals surface area (Å²) in [7, 11) is 0. The van der Waals surface area contributed by atoms with Crippen LogP contribution in [0.15, 0.2) is 72.8 Å². The molecule has 0 saturated heterocycles. The van der Waals surface area contributed by atoms with E-state index in [1.165, 1.54) is 4.90 Å². The van der Waals surface area contributed by atoms with Gasteiger partial charge in [0.2, 0.25) is 0 Å². The monoisotopic (exact) mass is 427 g/mol. The number of fused-ring (bicyclic) bond motifs is 1. The fourth-order valence-corrected chi connectivity index (χ4v) is 4.57. The number of imide groups is 1. The Bertz CT molecular complexity index is 1140. The second-order valence-corrected chi connectivity index (χ2v) is 9.09. The molecule has 0 spiro atoms. The number of amides is 2. The molecule has 2 aliphatic rings. The van der Waals surface area contributed by atoms with Crippen molar-refractivity contribution in [3.8, 4) is 11.5 Å². The molecule has 1 saturated carbocycles. The van der Waals surface area contributed by atoms with Crippen molar-refractivity contribution in [1.82, 2.24) is 4.90 Å². The Hall–Kier alpha value is -3.60.